The van der Waals surface area contributed by atoms with Crippen molar-refractivity contribution in [2.75, 3.05) is 0 Å². The van der Waals surface area contributed by atoms with Gasteiger partial charge in [0.1, 0.15) is 10.2 Å². The third kappa shape index (κ3) is 3.23. The standard InChI is InChI=1S/C14H9BrClN3OS/c15-8-5-9(13(16)17-6-8)14(20)18-7-12-19-10-3-1-2-4-11(10)21-12/h1-6H,7H2,(H,18,20). The van der Waals surface area contributed by atoms with Gasteiger partial charge in [-0.05, 0) is 34.1 Å². The molecule has 1 N–H and O–H groups in total. The van der Waals surface area contributed by atoms with Gasteiger partial charge in [0.05, 0.1) is 22.3 Å². The van der Waals surface area contributed by atoms with Crippen molar-refractivity contribution in [3.8, 4) is 0 Å². The van der Waals surface area contributed by atoms with Crippen molar-refractivity contribution in [3.63, 3.8) is 0 Å². The summed E-state index contributed by atoms with van der Waals surface area (Å²) in [6, 6.07) is 9.51. The molecule has 3 aromatic rings. The van der Waals surface area contributed by atoms with Crippen LogP contribution in [0.3, 0.4) is 0 Å². The monoisotopic (exact) mass is 381 g/mol. The Morgan fingerprint density at radius 3 is 3.00 bits per heavy atom. The van der Waals surface area contributed by atoms with E-state index in [1.54, 1.807) is 23.6 Å². The van der Waals surface area contributed by atoms with E-state index in [0.717, 1.165) is 15.2 Å². The molecule has 0 spiro atoms. The first-order chi connectivity index (χ1) is 10.1. The van der Waals surface area contributed by atoms with Gasteiger partial charge in [-0.1, -0.05) is 23.7 Å². The molecule has 0 fully saturated rings. The minimum absolute atomic E-state index is 0.181. The predicted octanol–water partition coefficient (Wildman–Crippen LogP) is 4.04. The van der Waals surface area contributed by atoms with Gasteiger partial charge in [-0.25, -0.2) is 9.97 Å². The van der Waals surface area contributed by atoms with Crippen molar-refractivity contribution in [2.24, 2.45) is 0 Å². The Bertz CT molecular complexity index is 788. The molecular weight excluding hydrogens is 374 g/mol. The van der Waals surface area contributed by atoms with E-state index in [0.29, 0.717) is 16.6 Å². The molecule has 1 amide bonds. The number of benzene rings is 1. The number of thiazole rings is 1. The number of aromatic nitrogens is 2. The fourth-order valence-electron chi connectivity index (χ4n) is 1.83. The molecule has 1 aromatic carbocycles. The molecule has 0 aliphatic carbocycles. The van der Waals surface area contributed by atoms with E-state index >= 15 is 0 Å². The normalized spacial score (nSPS) is 10.8. The number of para-hydroxylation sites is 1. The average molecular weight is 383 g/mol. The Labute approximate surface area is 138 Å². The van der Waals surface area contributed by atoms with Gasteiger partial charge >= 0.3 is 0 Å². The summed E-state index contributed by atoms with van der Waals surface area (Å²) >= 11 is 10.8. The number of nitrogens with one attached hydrogen (secondary N) is 1. The first-order valence-corrected chi connectivity index (χ1v) is 8.06. The van der Waals surface area contributed by atoms with Crippen LogP contribution >= 0.6 is 38.9 Å². The van der Waals surface area contributed by atoms with Crippen molar-refractivity contribution < 1.29 is 4.79 Å². The highest BCUT2D eigenvalue weighted by atomic mass is 79.9. The smallest absolute Gasteiger partial charge is 0.254 e. The maximum atomic E-state index is 12.1. The third-order valence-corrected chi connectivity index (χ3v) is 4.56. The second-order valence-electron chi connectivity index (χ2n) is 4.25. The molecular formula is C14H9BrClN3OS. The lowest BCUT2D eigenvalue weighted by Crippen LogP contribution is -2.23. The number of amides is 1. The van der Waals surface area contributed by atoms with Crippen molar-refractivity contribution in [2.45, 2.75) is 6.54 Å². The Morgan fingerprint density at radius 1 is 1.38 bits per heavy atom. The fourth-order valence-corrected chi connectivity index (χ4v) is 3.26. The van der Waals surface area contributed by atoms with Crippen molar-refractivity contribution in [1.29, 1.82) is 0 Å². The molecule has 106 valence electrons. The number of fused-ring (bicyclic) bond motifs is 1. The third-order valence-electron chi connectivity index (χ3n) is 2.79. The van der Waals surface area contributed by atoms with Gasteiger partial charge in [0.2, 0.25) is 0 Å². The van der Waals surface area contributed by atoms with Crippen molar-refractivity contribution >= 4 is 55.0 Å². The SMILES string of the molecule is O=C(NCc1nc2ccccc2s1)c1cc(Br)cnc1Cl. The molecule has 2 aromatic heterocycles. The van der Waals surface area contributed by atoms with Crippen LogP contribution in [0.1, 0.15) is 15.4 Å². The van der Waals surface area contributed by atoms with Crippen LogP contribution in [0.4, 0.5) is 0 Å². The Balaban J connectivity index is 1.74. The van der Waals surface area contributed by atoms with Crippen LogP contribution in [0.15, 0.2) is 41.0 Å². The van der Waals surface area contributed by atoms with Crippen LogP contribution in [0.2, 0.25) is 5.15 Å². The minimum atomic E-state index is -0.270. The summed E-state index contributed by atoms with van der Waals surface area (Å²) in [5, 5.41) is 3.84. The number of nitrogens with zero attached hydrogens (tertiary/aromatic N) is 2. The lowest BCUT2D eigenvalue weighted by molar-refractivity contribution is 0.0950. The van der Waals surface area contributed by atoms with Crippen LogP contribution in [-0.4, -0.2) is 15.9 Å². The van der Waals surface area contributed by atoms with Crippen LogP contribution in [0.25, 0.3) is 10.2 Å². The molecule has 7 heteroatoms. The maximum Gasteiger partial charge on any atom is 0.254 e. The van der Waals surface area contributed by atoms with Crippen molar-refractivity contribution in [3.05, 3.63) is 56.7 Å². The summed E-state index contributed by atoms with van der Waals surface area (Å²) in [5.74, 6) is -0.270. The maximum absolute atomic E-state index is 12.1. The number of rotatable bonds is 3. The highest BCUT2D eigenvalue weighted by molar-refractivity contribution is 9.10. The Hall–Kier alpha value is -1.50. The largest absolute Gasteiger partial charge is 0.345 e. The van der Waals surface area contributed by atoms with Crippen LogP contribution in [-0.2, 0) is 6.54 Å². The quantitative estimate of drug-likeness (QED) is 0.696. The summed E-state index contributed by atoms with van der Waals surface area (Å²) in [4.78, 5) is 20.5. The molecule has 21 heavy (non-hydrogen) atoms. The van der Waals surface area contributed by atoms with Crippen LogP contribution in [0, 0.1) is 0 Å². The number of halogens is 2. The van der Waals surface area contributed by atoms with E-state index in [1.165, 1.54) is 0 Å². The summed E-state index contributed by atoms with van der Waals surface area (Å²) in [6.45, 7) is 0.362. The first-order valence-electron chi connectivity index (χ1n) is 6.07. The van der Waals surface area contributed by atoms with E-state index in [1.807, 2.05) is 24.3 Å². The molecule has 0 aliphatic rings. The molecule has 4 nitrogen and oxygen atoms in total. The lowest BCUT2D eigenvalue weighted by atomic mass is 10.2. The lowest BCUT2D eigenvalue weighted by Gasteiger charge is -2.04. The average Bonchev–Trinajstić information content (AvgIpc) is 2.90. The number of hydrogen-bond acceptors (Lipinski definition) is 4. The molecule has 0 bridgehead atoms. The summed E-state index contributed by atoms with van der Waals surface area (Å²) < 4.78 is 1.81. The zero-order valence-electron chi connectivity index (χ0n) is 10.6. The second kappa shape index (κ2) is 6.09. The van der Waals surface area contributed by atoms with Gasteiger partial charge < -0.3 is 5.32 Å². The molecule has 0 atom stereocenters. The molecule has 0 saturated heterocycles. The Morgan fingerprint density at radius 2 is 2.19 bits per heavy atom. The molecule has 2 heterocycles. The molecule has 0 unspecified atom stereocenters. The van der Waals surface area contributed by atoms with Gasteiger partial charge in [-0.3, -0.25) is 4.79 Å². The van der Waals surface area contributed by atoms with E-state index in [2.05, 4.69) is 31.2 Å². The summed E-state index contributed by atoms with van der Waals surface area (Å²) in [7, 11) is 0. The van der Waals surface area contributed by atoms with Gasteiger partial charge in [0.25, 0.3) is 5.91 Å². The van der Waals surface area contributed by atoms with Crippen molar-refractivity contribution in [1.82, 2.24) is 15.3 Å². The predicted molar refractivity (Wildman–Crippen MR) is 87.7 cm³/mol. The topological polar surface area (TPSA) is 54.9 Å². The number of hydrogen-bond donors (Lipinski definition) is 1. The number of pyridine rings is 1. The van der Waals surface area contributed by atoms with E-state index in [9.17, 15) is 4.79 Å². The molecule has 0 radical (unpaired) electrons. The molecule has 0 aliphatic heterocycles. The minimum Gasteiger partial charge on any atom is -0.345 e. The van der Waals surface area contributed by atoms with E-state index in [4.69, 9.17) is 11.6 Å². The fraction of sp³-hybridized carbons (Fsp3) is 0.0714. The number of carbonyl (C=O) groups excluding carboxylic acids is 1. The molecule has 0 saturated carbocycles. The van der Waals surface area contributed by atoms with E-state index < -0.39 is 0 Å². The summed E-state index contributed by atoms with van der Waals surface area (Å²) in [5.41, 5.74) is 1.28. The van der Waals surface area contributed by atoms with Crippen LogP contribution < -0.4 is 5.32 Å². The van der Waals surface area contributed by atoms with Gasteiger partial charge in [0, 0.05) is 10.7 Å². The summed E-state index contributed by atoms with van der Waals surface area (Å²) in [6.07, 6.45) is 1.55. The van der Waals surface area contributed by atoms with Crippen LogP contribution in [0.5, 0.6) is 0 Å². The van der Waals surface area contributed by atoms with Gasteiger partial charge in [-0.2, -0.15) is 0 Å². The number of carbonyl (C=O) groups is 1. The zero-order valence-corrected chi connectivity index (χ0v) is 13.8. The Kier molecular flexibility index (Phi) is 4.19. The highest BCUT2D eigenvalue weighted by Gasteiger charge is 2.12. The van der Waals surface area contributed by atoms with Gasteiger partial charge in [0.15, 0.2) is 0 Å². The molecule has 3 rings (SSSR count). The first kappa shape index (κ1) is 14.4. The second-order valence-corrected chi connectivity index (χ2v) is 6.64. The zero-order chi connectivity index (χ0) is 14.8. The van der Waals surface area contributed by atoms with Gasteiger partial charge in [-0.15, -0.1) is 11.3 Å². The van der Waals surface area contributed by atoms with E-state index in [-0.39, 0.29) is 11.1 Å². The highest BCUT2D eigenvalue weighted by Crippen LogP contribution is 2.22.